The molecule has 1 atom stereocenters. The van der Waals surface area contributed by atoms with Crippen LogP contribution in [-0.4, -0.2) is 35.8 Å². The highest BCUT2D eigenvalue weighted by Crippen LogP contribution is 2.30. The Hall–Kier alpha value is -2.54. The minimum Gasteiger partial charge on any atom is -0.344 e. The maximum Gasteiger partial charge on any atom is 0.416 e. The van der Waals surface area contributed by atoms with Crippen LogP contribution in [0.25, 0.3) is 0 Å². The number of nitrogens with one attached hydrogen (secondary N) is 1. The topological polar surface area (TPSA) is 49.4 Å². The standard InChI is InChI=1S/C25H28ClF3N2O2.CH4/c1-16(2)23(30-22(32)15-17-3-7-20(8-4-17)25(27,28)29)24(33)31-13-11-19(12-14-31)18-5-9-21(26)10-6-18;/h3-10,16,19,23H,11-15H2,1-2H3,(H,30,32);1H4/t23-;/m1./s1. The molecule has 1 aliphatic rings. The summed E-state index contributed by atoms with van der Waals surface area (Å²) in [4.78, 5) is 27.5. The van der Waals surface area contributed by atoms with Gasteiger partial charge in [0.2, 0.25) is 11.8 Å². The number of likely N-dealkylation sites (tertiary alicyclic amines) is 1. The van der Waals surface area contributed by atoms with Crippen LogP contribution in [0.15, 0.2) is 48.5 Å². The van der Waals surface area contributed by atoms with Gasteiger partial charge in [0.1, 0.15) is 6.04 Å². The molecule has 4 nitrogen and oxygen atoms in total. The molecule has 1 saturated heterocycles. The Morgan fingerprint density at radius 1 is 1.03 bits per heavy atom. The molecular formula is C26H32ClF3N2O2. The molecule has 34 heavy (non-hydrogen) atoms. The summed E-state index contributed by atoms with van der Waals surface area (Å²) >= 11 is 5.96. The zero-order valence-corrected chi connectivity index (χ0v) is 19.4. The molecule has 2 amide bonds. The van der Waals surface area contributed by atoms with Crippen molar-refractivity contribution in [3.63, 3.8) is 0 Å². The maximum atomic E-state index is 13.1. The van der Waals surface area contributed by atoms with Crippen molar-refractivity contribution in [2.75, 3.05) is 13.1 Å². The lowest BCUT2D eigenvalue weighted by Crippen LogP contribution is -2.53. The highest BCUT2D eigenvalue weighted by atomic mass is 35.5. The zero-order chi connectivity index (χ0) is 24.2. The summed E-state index contributed by atoms with van der Waals surface area (Å²) in [7, 11) is 0. The van der Waals surface area contributed by atoms with Gasteiger partial charge in [-0.2, -0.15) is 13.2 Å². The summed E-state index contributed by atoms with van der Waals surface area (Å²) < 4.78 is 38.2. The minimum absolute atomic E-state index is 0. The van der Waals surface area contributed by atoms with Crippen LogP contribution >= 0.6 is 11.6 Å². The monoisotopic (exact) mass is 496 g/mol. The van der Waals surface area contributed by atoms with Crippen molar-refractivity contribution in [1.29, 1.82) is 0 Å². The Bertz CT molecular complexity index is 952. The van der Waals surface area contributed by atoms with Crippen LogP contribution < -0.4 is 5.32 Å². The van der Waals surface area contributed by atoms with Crippen molar-refractivity contribution >= 4 is 23.4 Å². The van der Waals surface area contributed by atoms with E-state index in [9.17, 15) is 22.8 Å². The van der Waals surface area contributed by atoms with E-state index in [4.69, 9.17) is 11.6 Å². The molecule has 3 rings (SSSR count). The molecule has 8 heteroatoms. The molecule has 0 spiro atoms. The van der Waals surface area contributed by atoms with E-state index in [2.05, 4.69) is 5.32 Å². The predicted octanol–water partition coefficient (Wildman–Crippen LogP) is 6.08. The number of carbonyl (C=O) groups excluding carboxylic acids is 2. The average Bonchev–Trinajstić information content (AvgIpc) is 2.77. The Kier molecular flexibility index (Phi) is 9.56. The van der Waals surface area contributed by atoms with Gasteiger partial charge in [0.25, 0.3) is 0 Å². The van der Waals surface area contributed by atoms with Crippen molar-refractivity contribution in [1.82, 2.24) is 10.2 Å². The van der Waals surface area contributed by atoms with Gasteiger partial charge in [0.15, 0.2) is 0 Å². The second kappa shape index (κ2) is 11.7. The Morgan fingerprint density at radius 3 is 2.09 bits per heavy atom. The molecule has 2 aromatic carbocycles. The summed E-state index contributed by atoms with van der Waals surface area (Å²) in [5, 5.41) is 3.48. The average molecular weight is 497 g/mol. The normalized spacial score (nSPS) is 15.6. The molecule has 186 valence electrons. The summed E-state index contributed by atoms with van der Waals surface area (Å²) in [5.74, 6) is -0.278. The number of benzene rings is 2. The van der Waals surface area contributed by atoms with Crippen molar-refractivity contribution in [3.05, 3.63) is 70.2 Å². The number of hydrogen-bond donors (Lipinski definition) is 1. The van der Waals surface area contributed by atoms with Gasteiger partial charge in [0.05, 0.1) is 12.0 Å². The van der Waals surface area contributed by atoms with E-state index in [1.165, 1.54) is 17.7 Å². The van der Waals surface area contributed by atoms with E-state index < -0.39 is 23.7 Å². The van der Waals surface area contributed by atoms with Gasteiger partial charge in [-0.3, -0.25) is 9.59 Å². The van der Waals surface area contributed by atoms with Crippen LogP contribution in [0.1, 0.15) is 56.7 Å². The van der Waals surface area contributed by atoms with Gasteiger partial charge in [0, 0.05) is 18.1 Å². The number of rotatable bonds is 6. The molecule has 2 aromatic rings. The highest BCUT2D eigenvalue weighted by molar-refractivity contribution is 6.30. The lowest BCUT2D eigenvalue weighted by Gasteiger charge is -2.35. The summed E-state index contributed by atoms with van der Waals surface area (Å²) in [6.07, 6.45) is -2.85. The van der Waals surface area contributed by atoms with E-state index >= 15 is 0 Å². The molecule has 0 aromatic heterocycles. The summed E-state index contributed by atoms with van der Waals surface area (Å²) in [5.41, 5.74) is 0.903. The molecule has 0 unspecified atom stereocenters. The Balaban J connectivity index is 0.00000408. The molecule has 0 saturated carbocycles. The molecule has 0 bridgehead atoms. The van der Waals surface area contributed by atoms with Gasteiger partial charge >= 0.3 is 6.18 Å². The molecular weight excluding hydrogens is 465 g/mol. The number of carbonyl (C=O) groups is 2. The van der Waals surface area contributed by atoms with Gasteiger partial charge < -0.3 is 10.2 Å². The number of nitrogens with zero attached hydrogens (tertiary/aromatic N) is 1. The summed E-state index contributed by atoms with van der Waals surface area (Å²) in [6.45, 7) is 4.93. The van der Waals surface area contributed by atoms with E-state index in [1.807, 2.05) is 38.1 Å². The second-order valence-corrected chi connectivity index (χ2v) is 9.25. The number of halogens is 4. The second-order valence-electron chi connectivity index (χ2n) is 8.81. The van der Waals surface area contributed by atoms with Gasteiger partial charge in [-0.15, -0.1) is 0 Å². The van der Waals surface area contributed by atoms with E-state index in [0.29, 0.717) is 29.6 Å². The smallest absolute Gasteiger partial charge is 0.344 e. The van der Waals surface area contributed by atoms with Crippen LogP contribution in [-0.2, 0) is 22.2 Å². The molecule has 0 radical (unpaired) electrons. The third-order valence-corrected chi connectivity index (χ3v) is 6.30. The maximum absolute atomic E-state index is 13.1. The van der Waals surface area contributed by atoms with Crippen molar-refractivity contribution in [2.45, 2.75) is 58.7 Å². The fourth-order valence-corrected chi connectivity index (χ4v) is 4.23. The van der Waals surface area contributed by atoms with Crippen LogP contribution in [0, 0.1) is 5.92 Å². The van der Waals surface area contributed by atoms with E-state index in [1.54, 1.807) is 4.90 Å². The SMILES string of the molecule is C.CC(C)[C@@H](NC(=O)Cc1ccc(C(F)(F)F)cc1)C(=O)N1CCC(c2ccc(Cl)cc2)CC1. The lowest BCUT2D eigenvalue weighted by atomic mass is 9.89. The van der Waals surface area contributed by atoms with Gasteiger partial charge in [-0.1, -0.05) is 57.1 Å². The van der Waals surface area contributed by atoms with Gasteiger partial charge in [-0.25, -0.2) is 0 Å². The number of piperidine rings is 1. The number of alkyl halides is 3. The van der Waals surface area contributed by atoms with E-state index in [-0.39, 0.29) is 25.7 Å². The fraction of sp³-hybridized carbons (Fsp3) is 0.462. The van der Waals surface area contributed by atoms with Crippen LogP contribution in [0.5, 0.6) is 0 Å². The lowest BCUT2D eigenvalue weighted by molar-refractivity contribution is -0.138. The van der Waals surface area contributed by atoms with Gasteiger partial charge in [-0.05, 0) is 60.1 Å². The Labute approximate surface area is 204 Å². The first-order valence-electron chi connectivity index (χ1n) is 11.0. The first-order valence-corrected chi connectivity index (χ1v) is 11.4. The third kappa shape index (κ3) is 7.23. The third-order valence-electron chi connectivity index (χ3n) is 6.04. The first-order chi connectivity index (χ1) is 15.5. The predicted molar refractivity (Wildman–Crippen MR) is 129 cm³/mol. The van der Waals surface area contributed by atoms with Crippen LogP contribution in [0.3, 0.4) is 0 Å². The Morgan fingerprint density at radius 2 is 1.59 bits per heavy atom. The van der Waals surface area contributed by atoms with Crippen LogP contribution in [0.2, 0.25) is 5.02 Å². The molecule has 1 aliphatic heterocycles. The van der Waals surface area contributed by atoms with Crippen molar-refractivity contribution in [3.8, 4) is 0 Å². The molecule has 1 fully saturated rings. The molecule has 1 heterocycles. The van der Waals surface area contributed by atoms with Crippen LogP contribution in [0.4, 0.5) is 13.2 Å². The van der Waals surface area contributed by atoms with Crippen molar-refractivity contribution in [2.24, 2.45) is 5.92 Å². The zero-order valence-electron chi connectivity index (χ0n) is 18.7. The quantitative estimate of drug-likeness (QED) is 0.526. The largest absolute Gasteiger partial charge is 0.416 e. The summed E-state index contributed by atoms with van der Waals surface area (Å²) in [6, 6.07) is 11.6. The molecule has 0 aliphatic carbocycles. The number of amides is 2. The first kappa shape index (κ1) is 27.7. The molecule has 1 N–H and O–H groups in total. The minimum atomic E-state index is -4.42. The highest BCUT2D eigenvalue weighted by Gasteiger charge is 2.32. The van der Waals surface area contributed by atoms with Crippen molar-refractivity contribution < 1.29 is 22.8 Å². The fourth-order valence-electron chi connectivity index (χ4n) is 4.10. The van der Waals surface area contributed by atoms with E-state index in [0.717, 1.165) is 25.0 Å². The number of hydrogen-bond acceptors (Lipinski definition) is 2.